The second-order valence-corrected chi connectivity index (χ2v) is 9.32. The minimum Gasteiger partial charge on any atom is -0.393 e. The Morgan fingerprint density at radius 1 is 1.26 bits per heavy atom. The molecule has 0 aliphatic carbocycles. The van der Waals surface area contributed by atoms with Gasteiger partial charge in [-0.25, -0.2) is 15.0 Å². The summed E-state index contributed by atoms with van der Waals surface area (Å²) in [5.74, 6) is -0.362. The Labute approximate surface area is 189 Å². The number of hydrogen-bond donors (Lipinski definition) is 3. The first-order chi connectivity index (χ1) is 14.8. The van der Waals surface area contributed by atoms with Gasteiger partial charge in [0.1, 0.15) is 5.01 Å². The van der Waals surface area contributed by atoms with E-state index in [0.29, 0.717) is 23.2 Å². The highest BCUT2D eigenvalue weighted by Gasteiger charge is 2.39. The number of halogens is 1. The van der Waals surface area contributed by atoms with E-state index in [9.17, 15) is 9.90 Å². The third kappa shape index (κ3) is 4.71. The Hall–Kier alpha value is -2.55. The Kier molecular flexibility index (Phi) is 6.22. The highest BCUT2D eigenvalue weighted by atomic mass is 35.5. The summed E-state index contributed by atoms with van der Waals surface area (Å²) >= 11 is 7.56. The maximum Gasteiger partial charge on any atom is 0.229 e. The number of aliphatic hydroxyl groups excluding tert-OH is 1. The SMILES string of the molecule is Cc1cc([C@@H]2C(=O)NCC2[C@@H](C)O)nc(N[C@@H](C)c2cnc(-c3ccc(Cl)cc3)s2)n1. The molecule has 9 heteroatoms. The van der Waals surface area contributed by atoms with E-state index in [2.05, 4.69) is 25.6 Å². The molecule has 1 unspecified atom stereocenters. The van der Waals surface area contributed by atoms with Crippen molar-refractivity contribution in [2.75, 3.05) is 11.9 Å². The Morgan fingerprint density at radius 2 is 2.00 bits per heavy atom. The van der Waals surface area contributed by atoms with Gasteiger partial charge in [-0.15, -0.1) is 11.3 Å². The molecule has 162 valence electrons. The molecule has 0 spiro atoms. The zero-order valence-corrected chi connectivity index (χ0v) is 19.0. The second kappa shape index (κ2) is 8.90. The number of carbonyl (C=O) groups excluding carboxylic acids is 1. The fourth-order valence-corrected chi connectivity index (χ4v) is 4.79. The fraction of sp³-hybridized carbons (Fsp3) is 0.364. The smallest absolute Gasteiger partial charge is 0.229 e. The molecule has 1 aliphatic heterocycles. The van der Waals surface area contributed by atoms with Gasteiger partial charge in [0.2, 0.25) is 11.9 Å². The summed E-state index contributed by atoms with van der Waals surface area (Å²) in [4.78, 5) is 27.1. The van der Waals surface area contributed by atoms with Crippen molar-refractivity contribution in [2.45, 2.75) is 38.8 Å². The van der Waals surface area contributed by atoms with Crippen molar-refractivity contribution in [2.24, 2.45) is 5.92 Å². The summed E-state index contributed by atoms with van der Waals surface area (Å²) in [5, 5.41) is 17.8. The van der Waals surface area contributed by atoms with Crippen LogP contribution in [0.5, 0.6) is 0 Å². The van der Waals surface area contributed by atoms with E-state index in [4.69, 9.17) is 11.6 Å². The number of hydrogen-bond acceptors (Lipinski definition) is 7. The van der Waals surface area contributed by atoms with Crippen LogP contribution in [-0.4, -0.2) is 38.6 Å². The van der Waals surface area contributed by atoms with Gasteiger partial charge in [0, 0.05) is 39.8 Å². The first-order valence-corrected chi connectivity index (χ1v) is 11.3. The van der Waals surface area contributed by atoms with Crippen molar-refractivity contribution in [1.82, 2.24) is 20.3 Å². The summed E-state index contributed by atoms with van der Waals surface area (Å²) < 4.78 is 0. The van der Waals surface area contributed by atoms with Gasteiger partial charge in [-0.05, 0) is 39.0 Å². The van der Waals surface area contributed by atoms with Crippen molar-refractivity contribution in [3.05, 3.63) is 57.8 Å². The predicted octanol–water partition coefficient (Wildman–Crippen LogP) is 3.95. The molecule has 1 aliphatic rings. The monoisotopic (exact) mass is 457 g/mol. The van der Waals surface area contributed by atoms with Crippen LogP contribution in [0, 0.1) is 12.8 Å². The molecule has 3 heterocycles. The molecule has 4 rings (SSSR count). The number of carbonyl (C=O) groups is 1. The molecule has 1 aromatic carbocycles. The lowest BCUT2D eigenvalue weighted by Gasteiger charge is -2.20. The molecule has 1 saturated heterocycles. The van der Waals surface area contributed by atoms with E-state index >= 15 is 0 Å². The lowest BCUT2D eigenvalue weighted by Crippen LogP contribution is -2.25. The predicted molar refractivity (Wildman–Crippen MR) is 122 cm³/mol. The van der Waals surface area contributed by atoms with Crippen molar-refractivity contribution >= 4 is 34.8 Å². The summed E-state index contributed by atoms with van der Waals surface area (Å²) in [5.41, 5.74) is 2.39. The van der Waals surface area contributed by atoms with Gasteiger partial charge in [0.15, 0.2) is 0 Å². The van der Waals surface area contributed by atoms with Gasteiger partial charge in [-0.3, -0.25) is 4.79 Å². The largest absolute Gasteiger partial charge is 0.393 e. The van der Waals surface area contributed by atoms with Crippen LogP contribution in [0.25, 0.3) is 10.6 Å². The van der Waals surface area contributed by atoms with Gasteiger partial charge in [-0.2, -0.15) is 0 Å². The third-order valence-corrected chi connectivity index (χ3v) is 6.90. The van der Waals surface area contributed by atoms with E-state index in [1.165, 1.54) is 0 Å². The molecule has 7 nitrogen and oxygen atoms in total. The average molecular weight is 458 g/mol. The molecule has 0 saturated carbocycles. The van der Waals surface area contributed by atoms with Crippen LogP contribution in [0.1, 0.15) is 42.1 Å². The number of benzene rings is 1. The molecule has 1 fully saturated rings. The van der Waals surface area contributed by atoms with Crippen LogP contribution in [0.2, 0.25) is 5.02 Å². The first kappa shape index (κ1) is 21.7. The van der Waals surface area contributed by atoms with Crippen LogP contribution in [0.4, 0.5) is 5.95 Å². The lowest BCUT2D eigenvalue weighted by molar-refractivity contribution is -0.121. The maximum atomic E-state index is 12.4. The first-order valence-electron chi connectivity index (χ1n) is 10.1. The second-order valence-electron chi connectivity index (χ2n) is 7.83. The zero-order valence-electron chi connectivity index (χ0n) is 17.5. The Bertz CT molecular complexity index is 1090. The molecule has 1 amide bonds. The molecule has 31 heavy (non-hydrogen) atoms. The van der Waals surface area contributed by atoms with Crippen LogP contribution < -0.4 is 10.6 Å². The van der Waals surface area contributed by atoms with Crippen molar-refractivity contribution in [3.8, 4) is 10.6 Å². The van der Waals surface area contributed by atoms with Crippen LogP contribution >= 0.6 is 22.9 Å². The number of amides is 1. The van der Waals surface area contributed by atoms with Crippen LogP contribution in [-0.2, 0) is 4.79 Å². The number of rotatable bonds is 6. The standard InChI is InChI=1S/C22H24ClN5O2S/c1-11-8-17(19-16(13(3)29)9-24-20(19)30)28-22(26-11)27-12(2)18-10-25-21(31-18)14-4-6-15(23)7-5-14/h4-8,10,12-13,16,19,29H,9H2,1-3H3,(H,24,30)(H,26,27,28)/t12-,13+,16?,19+/m0/s1. The molecular formula is C22H24ClN5O2S. The van der Waals surface area contributed by atoms with E-state index in [1.807, 2.05) is 50.4 Å². The molecule has 0 radical (unpaired) electrons. The highest BCUT2D eigenvalue weighted by Crippen LogP contribution is 2.33. The summed E-state index contributed by atoms with van der Waals surface area (Å²) in [6.07, 6.45) is 1.23. The Balaban J connectivity index is 1.54. The topological polar surface area (TPSA) is 100 Å². The molecule has 0 bridgehead atoms. The third-order valence-electron chi connectivity index (χ3n) is 5.42. The summed E-state index contributed by atoms with van der Waals surface area (Å²) in [6.45, 7) is 6.04. The number of thiazole rings is 1. The van der Waals surface area contributed by atoms with Gasteiger partial charge < -0.3 is 15.7 Å². The normalized spacial score (nSPS) is 20.4. The lowest BCUT2D eigenvalue weighted by atomic mass is 9.88. The van der Waals surface area contributed by atoms with Gasteiger partial charge in [-0.1, -0.05) is 23.7 Å². The minimum absolute atomic E-state index is 0.0711. The number of nitrogens with zero attached hydrogens (tertiary/aromatic N) is 3. The van der Waals surface area contributed by atoms with Gasteiger partial charge >= 0.3 is 0 Å². The summed E-state index contributed by atoms with van der Waals surface area (Å²) in [6, 6.07) is 9.34. The molecule has 3 N–H and O–H groups in total. The van der Waals surface area contributed by atoms with Gasteiger partial charge in [0.05, 0.1) is 23.8 Å². The number of nitrogens with one attached hydrogen (secondary N) is 2. The Morgan fingerprint density at radius 3 is 2.71 bits per heavy atom. The van der Waals surface area contributed by atoms with E-state index in [0.717, 1.165) is 21.1 Å². The van der Waals surface area contributed by atoms with Crippen molar-refractivity contribution < 1.29 is 9.90 Å². The highest BCUT2D eigenvalue weighted by molar-refractivity contribution is 7.15. The average Bonchev–Trinajstić information content (AvgIpc) is 3.35. The number of aliphatic hydroxyl groups is 1. The van der Waals surface area contributed by atoms with Crippen molar-refractivity contribution in [3.63, 3.8) is 0 Å². The van der Waals surface area contributed by atoms with Crippen molar-refractivity contribution in [1.29, 1.82) is 0 Å². The molecule has 3 aromatic rings. The molecule has 4 atom stereocenters. The molecule has 2 aromatic heterocycles. The molecular weight excluding hydrogens is 434 g/mol. The zero-order chi connectivity index (χ0) is 22.1. The number of aryl methyl sites for hydroxylation is 1. The fourth-order valence-electron chi connectivity index (χ4n) is 3.74. The number of aromatic nitrogens is 3. The van der Waals surface area contributed by atoms with Gasteiger partial charge in [0.25, 0.3) is 0 Å². The summed E-state index contributed by atoms with van der Waals surface area (Å²) in [7, 11) is 0. The maximum absolute atomic E-state index is 12.4. The van der Waals surface area contributed by atoms with Crippen LogP contribution in [0.15, 0.2) is 36.5 Å². The minimum atomic E-state index is -0.613. The van der Waals surface area contributed by atoms with E-state index in [1.54, 1.807) is 18.3 Å². The van der Waals surface area contributed by atoms with E-state index < -0.39 is 12.0 Å². The number of anilines is 1. The van der Waals surface area contributed by atoms with Crippen LogP contribution in [0.3, 0.4) is 0 Å². The quantitative estimate of drug-likeness (QED) is 0.518. The van der Waals surface area contributed by atoms with E-state index in [-0.39, 0.29) is 17.9 Å².